The van der Waals surface area contributed by atoms with E-state index in [2.05, 4.69) is 36.2 Å². The lowest BCUT2D eigenvalue weighted by Crippen LogP contribution is -2.43. The van der Waals surface area contributed by atoms with Gasteiger partial charge < -0.3 is 10.1 Å². The molecule has 1 N–H and O–H groups in total. The van der Waals surface area contributed by atoms with Crippen LogP contribution in [-0.2, 0) is 11.3 Å². The standard InChI is InChI=1S/C17H28N2O2/c1-6-19(13-15-10-8-7-9-11-15)14(2)12-18-16(20)21-17(3,4)5/h7-11,14H,6,12-13H2,1-5H3,(H,18,20). The van der Waals surface area contributed by atoms with Gasteiger partial charge in [0.05, 0.1) is 0 Å². The van der Waals surface area contributed by atoms with Crippen LogP contribution in [0.15, 0.2) is 30.3 Å². The van der Waals surface area contributed by atoms with Gasteiger partial charge in [-0.15, -0.1) is 0 Å². The number of amides is 1. The van der Waals surface area contributed by atoms with Crippen molar-refractivity contribution in [3.05, 3.63) is 35.9 Å². The molecule has 1 unspecified atom stereocenters. The van der Waals surface area contributed by atoms with E-state index in [9.17, 15) is 4.79 Å². The number of alkyl carbamates (subject to hydrolysis) is 1. The average molecular weight is 292 g/mol. The molecule has 0 saturated carbocycles. The third kappa shape index (κ3) is 7.14. The van der Waals surface area contributed by atoms with Gasteiger partial charge in [-0.25, -0.2) is 4.79 Å². The summed E-state index contributed by atoms with van der Waals surface area (Å²) in [6.07, 6.45) is -0.356. The van der Waals surface area contributed by atoms with Crippen molar-refractivity contribution in [3.8, 4) is 0 Å². The molecule has 21 heavy (non-hydrogen) atoms. The highest BCUT2D eigenvalue weighted by atomic mass is 16.6. The fourth-order valence-corrected chi connectivity index (χ4v) is 2.07. The molecule has 0 fully saturated rings. The Hall–Kier alpha value is -1.55. The highest BCUT2D eigenvalue weighted by molar-refractivity contribution is 5.67. The van der Waals surface area contributed by atoms with Crippen LogP contribution in [-0.4, -0.2) is 35.7 Å². The van der Waals surface area contributed by atoms with Gasteiger partial charge in [-0.1, -0.05) is 37.3 Å². The van der Waals surface area contributed by atoms with Crippen LogP contribution >= 0.6 is 0 Å². The van der Waals surface area contributed by atoms with Crippen molar-refractivity contribution < 1.29 is 9.53 Å². The van der Waals surface area contributed by atoms with E-state index in [1.54, 1.807) is 0 Å². The predicted molar refractivity (Wildman–Crippen MR) is 86.2 cm³/mol. The molecule has 1 amide bonds. The Morgan fingerprint density at radius 3 is 2.43 bits per heavy atom. The van der Waals surface area contributed by atoms with E-state index in [1.165, 1.54) is 5.56 Å². The average Bonchev–Trinajstić information content (AvgIpc) is 2.41. The molecule has 4 heteroatoms. The molecule has 0 aliphatic carbocycles. The van der Waals surface area contributed by atoms with Crippen LogP contribution in [0.25, 0.3) is 0 Å². The van der Waals surface area contributed by atoms with Crippen molar-refractivity contribution in [1.29, 1.82) is 0 Å². The van der Waals surface area contributed by atoms with Gasteiger partial charge in [0.15, 0.2) is 0 Å². The van der Waals surface area contributed by atoms with Crippen LogP contribution in [0, 0.1) is 0 Å². The number of hydrogen-bond acceptors (Lipinski definition) is 3. The summed E-state index contributed by atoms with van der Waals surface area (Å²) in [5.74, 6) is 0. The summed E-state index contributed by atoms with van der Waals surface area (Å²) in [6.45, 7) is 12.2. The summed E-state index contributed by atoms with van der Waals surface area (Å²) in [6, 6.07) is 10.6. The molecule has 0 aliphatic rings. The smallest absolute Gasteiger partial charge is 0.407 e. The summed E-state index contributed by atoms with van der Waals surface area (Å²) in [5, 5.41) is 2.84. The molecular formula is C17H28N2O2. The van der Waals surface area contributed by atoms with Gasteiger partial charge in [0.25, 0.3) is 0 Å². The van der Waals surface area contributed by atoms with E-state index in [1.807, 2.05) is 39.0 Å². The van der Waals surface area contributed by atoms with Crippen molar-refractivity contribution in [2.75, 3.05) is 13.1 Å². The third-order valence-corrected chi connectivity index (χ3v) is 3.20. The number of carbonyl (C=O) groups excluding carboxylic acids is 1. The van der Waals surface area contributed by atoms with Gasteiger partial charge >= 0.3 is 6.09 Å². The third-order valence-electron chi connectivity index (χ3n) is 3.20. The largest absolute Gasteiger partial charge is 0.444 e. The molecule has 1 rings (SSSR count). The molecule has 1 atom stereocenters. The summed E-state index contributed by atoms with van der Waals surface area (Å²) < 4.78 is 5.25. The number of rotatable bonds is 6. The SMILES string of the molecule is CCN(Cc1ccccc1)C(C)CNC(=O)OC(C)(C)C. The molecule has 118 valence electrons. The minimum Gasteiger partial charge on any atom is -0.444 e. The number of ether oxygens (including phenoxy) is 1. The van der Waals surface area contributed by atoms with Crippen molar-refractivity contribution in [2.45, 2.75) is 52.8 Å². The normalized spacial score (nSPS) is 13.0. The Kier molecular flexibility index (Phi) is 6.69. The quantitative estimate of drug-likeness (QED) is 0.873. The lowest BCUT2D eigenvalue weighted by Gasteiger charge is -2.28. The second kappa shape index (κ2) is 8.03. The Bertz CT molecular complexity index is 426. The van der Waals surface area contributed by atoms with Crippen molar-refractivity contribution in [3.63, 3.8) is 0 Å². The molecule has 0 radical (unpaired) electrons. The molecule has 0 heterocycles. The summed E-state index contributed by atoms with van der Waals surface area (Å²) in [4.78, 5) is 14.0. The van der Waals surface area contributed by atoms with Crippen molar-refractivity contribution in [1.82, 2.24) is 10.2 Å². The monoisotopic (exact) mass is 292 g/mol. The van der Waals surface area contributed by atoms with Crippen molar-refractivity contribution >= 4 is 6.09 Å². The maximum absolute atomic E-state index is 11.7. The maximum Gasteiger partial charge on any atom is 0.407 e. The molecule has 0 spiro atoms. The van der Waals surface area contributed by atoms with Crippen LogP contribution in [0.2, 0.25) is 0 Å². The van der Waals surface area contributed by atoms with Crippen LogP contribution < -0.4 is 5.32 Å². The minimum atomic E-state index is -0.457. The summed E-state index contributed by atoms with van der Waals surface area (Å²) in [5.41, 5.74) is 0.824. The highest BCUT2D eigenvalue weighted by Gasteiger charge is 2.18. The Balaban J connectivity index is 2.45. The Labute approximate surface area is 128 Å². The van der Waals surface area contributed by atoms with Crippen LogP contribution in [0.5, 0.6) is 0 Å². The molecule has 1 aromatic rings. The second-order valence-electron chi connectivity index (χ2n) is 6.28. The van der Waals surface area contributed by atoms with Gasteiger partial charge in [0.1, 0.15) is 5.60 Å². The number of carbonyl (C=O) groups is 1. The lowest BCUT2D eigenvalue weighted by atomic mass is 10.2. The first-order chi connectivity index (χ1) is 9.81. The van der Waals surface area contributed by atoms with E-state index in [0.717, 1.165) is 13.1 Å². The summed E-state index contributed by atoms with van der Waals surface area (Å²) in [7, 11) is 0. The Morgan fingerprint density at radius 2 is 1.90 bits per heavy atom. The molecule has 0 bridgehead atoms. The fraction of sp³-hybridized carbons (Fsp3) is 0.588. The number of nitrogens with one attached hydrogen (secondary N) is 1. The topological polar surface area (TPSA) is 41.6 Å². The van der Waals surface area contributed by atoms with Crippen molar-refractivity contribution in [2.24, 2.45) is 0 Å². The molecule has 4 nitrogen and oxygen atoms in total. The van der Waals surface area contributed by atoms with Crippen LogP contribution in [0.4, 0.5) is 4.79 Å². The van der Waals surface area contributed by atoms with Gasteiger partial charge in [-0.2, -0.15) is 0 Å². The summed E-state index contributed by atoms with van der Waals surface area (Å²) >= 11 is 0. The first-order valence-corrected chi connectivity index (χ1v) is 7.56. The van der Waals surface area contributed by atoms with E-state index in [-0.39, 0.29) is 12.1 Å². The molecular weight excluding hydrogens is 264 g/mol. The number of benzene rings is 1. The van der Waals surface area contributed by atoms with Gasteiger partial charge in [0, 0.05) is 19.1 Å². The maximum atomic E-state index is 11.7. The number of hydrogen-bond donors (Lipinski definition) is 1. The highest BCUT2D eigenvalue weighted by Crippen LogP contribution is 2.09. The first-order valence-electron chi connectivity index (χ1n) is 7.56. The lowest BCUT2D eigenvalue weighted by molar-refractivity contribution is 0.0509. The zero-order valence-electron chi connectivity index (χ0n) is 13.8. The second-order valence-corrected chi connectivity index (χ2v) is 6.28. The molecule has 1 aromatic carbocycles. The van der Waals surface area contributed by atoms with E-state index in [0.29, 0.717) is 6.54 Å². The molecule has 0 saturated heterocycles. The van der Waals surface area contributed by atoms with Gasteiger partial charge in [-0.3, -0.25) is 4.90 Å². The van der Waals surface area contributed by atoms with E-state index < -0.39 is 5.60 Å². The van der Waals surface area contributed by atoms with Gasteiger partial charge in [0.2, 0.25) is 0 Å². The van der Waals surface area contributed by atoms with Crippen LogP contribution in [0.1, 0.15) is 40.2 Å². The van der Waals surface area contributed by atoms with Crippen LogP contribution in [0.3, 0.4) is 0 Å². The predicted octanol–water partition coefficient (Wildman–Crippen LogP) is 3.42. The number of nitrogens with zero attached hydrogens (tertiary/aromatic N) is 1. The number of likely N-dealkylation sites (N-methyl/N-ethyl adjacent to an activating group) is 1. The molecule has 0 aromatic heterocycles. The van der Waals surface area contributed by atoms with E-state index in [4.69, 9.17) is 4.74 Å². The van der Waals surface area contributed by atoms with Gasteiger partial charge in [-0.05, 0) is 39.8 Å². The molecule has 0 aliphatic heterocycles. The minimum absolute atomic E-state index is 0.253. The first kappa shape index (κ1) is 17.5. The van der Waals surface area contributed by atoms with E-state index >= 15 is 0 Å². The fourth-order valence-electron chi connectivity index (χ4n) is 2.07. The zero-order chi connectivity index (χ0) is 15.9. The Morgan fingerprint density at radius 1 is 1.29 bits per heavy atom. The zero-order valence-corrected chi connectivity index (χ0v) is 13.8.